The molecular formula is C98H64N8. The van der Waals surface area contributed by atoms with Crippen molar-refractivity contribution in [1.82, 2.24) is 39.0 Å². The van der Waals surface area contributed by atoms with Gasteiger partial charge in [-0.15, -0.1) is 0 Å². The van der Waals surface area contributed by atoms with Crippen molar-refractivity contribution >= 4 is 43.6 Å². The molecule has 0 saturated carbocycles. The van der Waals surface area contributed by atoms with E-state index in [2.05, 4.69) is 300 Å². The number of hydrogen-bond donors (Lipinski definition) is 0. The van der Waals surface area contributed by atoms with E-state index in [0.29, 0.717) is 35.1 Å². The summed E-state index contributed by atoms with van der Waals surface area (Å²) >= 11 is 0. The fraction of sp³-hybridized carbons (Fsp3) is 0.0204. The number of aromatic nitrogens is 8. The van der Waals surface area contributed by atoms with Gasteiger partial charge in [-0.3, -0.25) is 4.57 Å². The van der Waals surface area contributed by atoms with Crippen molar-refractivity contribution in [3.63, 3.8) is 0 Å². The molecule has 0 unspecified atom stereocenters. The topological polar surface area (TPSA) is 87.2 Å². The van der Waals surface area contributed by atoms with Crippen molar-refractivity contribution in [2.75, 3.05) is 0 Å². The summed E-state index contributed by atoms with van der Waals surface area (Å²) in [5.41, 5.74) is 24.3. The fourth-order valence-corrected chi connectivity index (χ4v) is 16.9. The molecule has 19 aromatic rings. The monoisotopic (exact) mass is 1350 g/mol. The van der Waals surface area contributed by atoms with Gasteiger partial charge in [0.1, 0.15) is 0 Å². The van der Waals surface area contributed by atoms with E-state index in [0.717, 1.165) is 66.3 Å². The molecule has 8 heteroatoms. The molecular weight excluding hydrogens is 1290 g/mol. The third-order valence-corrected chi connectivity index (χ3v) is 21.5. The summed E-state index contributed by atoms with van der Waals surface area (Å²) in [6.45, 7) is 0. The van der Waals surface area contributed by atoms with E-state index in [1.807, 2.05) is 97.1 Å². The second kappa shape index (κ2) is 25.5. The van der Waals surface area contributed by atoms with E-state index < -0.39 is 10.8 Å². The molecule has 0 spiro atoms. The molecule has 0 N–H and O–H groups in total. The molecule has 0 fully saturated rings. The zero-order valence-electron chi connectivity index (χ0n) is 57.5. The Labute approximate surface area is 613 Å². The van der Waals surface area contributed by atoms with Gasteiger partial charge in [0.2, 0.25) is 5.95 Å². The number of benzene rings is 15. The smallest absolute Gasteiger partial charge is 0.238 e. The molecule has 0 atom stereocenters. The molecule has 106 heavy (non-hydrogen) atoms. The Bertz CT molecular complexity index is 6350. The minimum Gasteiger partial charge on any atom is -0.309 e. The molecule has 0 saturated heterocycles. The van der Waals surface area contributed by atoms with Gasteiger partial charge in [-0.25, -0.2) is 19.9 Å². The number of fused-ring (bicyclic) bond motifs is 12. The van der Waals surface area contributed by atoms with Crippen LogP contribution >= 0.6 is 0 Å². The lowest BCUT2D eigenvalue weighted by molar-refractivity contribution is 0.769. The quantitative estimate of drug-likeness (QED) is 0.128. The van der Waals surface area contributed by atoms with Crippen LogP contribution in [0.2, 0.25) is 0 Å². The average molecular weight is 1350 g/mol. The standard InChI is InChI=1S/C52H34N4.C46H30N4/c1-5-18-35(19-6-1)49-53-50(36-20-7-2-8-21-36)55-51(54-49)37-22-17-27-40(32-37)56-47-31-16-14-29-42(47)44-33-46-43(34-48(44)56)41-28-13-15-30-45(41)52(46,38-23-9-3-10-24-38)39-25-11-4-12-26-39;1-5-17-31(18-6-1)43-47-44(32-19-7-2-8-20-32)49-45(48-43)50-41-28-16-14-26-36(41)38-29-40-37(30-42(38)50)35-25-13-15-27-39(35)46(40,33-21-9-3-10-22-33)34-23-11-4-12-24-34/h1-34H;1-30H. The van der Waals surface area contributed by atoms with Gasteiger partial charge in [-0.2, -0.15) is 9.97 Å². The Morgan fingerprint density at radius 1 is 0.189 bits per heavy atom. The van der Waals surface area contributed by atoms with Gasteiger partial charge in [0.15, 0.2) is 29.1 Å². The van der Waals surface area contributed by atoms with Crippen LogP contribution in [0.25, 0.3) is 134 Å². The van der Waals surface area contributed by atoms with E-state index in [-0.39, 0.29) is 0 Å². The van der Waals surface area contributed by atoms with Crippen LogP contribution in [-0.2, 0) is 10.8 Å². The summed E-state index contributed by atoms with van der Waals surface area (Å²) in [5.74, 6) is 3.79. The molecule has 496 valence electrons. The van der Waals surface area contributed by atoms with Gasteiger partial charge in [-0.05, 0) is 115 Å². The van der Waals surface area contributed by atoms with Crippen LogP contribution in [0.3, 0.4) is 0 Å². The van der Waals surface area contributed by atoms with Crippen molar-refractivity contribution in [1.29, 1.82) is 0 Å². The first-order valence-corrected chi connectivity index (χ1v) is 36.0. The fourth-order valence-electron chi connectivity index (χ4n) is 16.9. The highest BCUT2D eigenvalue weighted by molar-refractivity contribution is 6.13. The first kappa shape index (κ1) is 61.8. The zero-order chi connectivity index (χ0) is 70.1. The molecule has 8 nitrogen and oxygen atoms in total. The highest BCUT2D eigenvalue weighted by atomic mass is 15.2. The molecule has 2 aliphatic carbocycles. The van der Waals surface area contributed by atoms with Crippen LogP contribution in [0.5, 0.6) is 0 Å². The SMILES string of the molecule is c1ccc(-c2nc(-c3ccccc3)nc(-c3cccc(-n4c5ccccc5c5cc6c(cc54)-c4ccccc4C6(c4ccccc4)c4ccccc4)c3)n2)cc1.c1ccc(-c2nc(-c3ccccc3)nc(-n3c4ccccc4c4cc5c(cc43)-c3ccccc3C5(c3ccccc3)c3ccccc3)n2)cc1. The van der Waals surface area contributed by atoms with Gasteiger partial charge in [0.25, 0.3) is 0 Å². The van der Waals surface area contributed by atoms with Crippen LogP contribution in [0.4, 0.5) is 0 Å². The third-order valence-electron chi connectivity index (χ3n) is 21.5. The molecule has 4 heterocycles. The highest BCUT2D eigenvalue weighted by Crippen LogP contribution is 2.59. The Balaban J connectivity index is 0.000000141. The summed E-state index contributed by atoms with van der Waals surface area (Å²) < 4.78 is 4.62. The largest absolute Gasteiger partial charge is 0.309 e. The molecule has 15 aromatic carbocycles. The molecule has 0 amide bonds. The predicted molar refractivity (Wildman–Crippen MR) is 430 cm³/mol. The maximum absolute atomic E-state index is 5.17. The predicted octanol–water partition coefficient (Wildman–Crippen LogP) is 23.0. The average Bonchev–Trinajstić information content (AvgIpc) is 1.53. The van der Waals surface area contributed by atoms with E-state index in [1.54, 1.807) is 0 Å². The molecule has 0 aliphatic heterocycles. The maximum Gasteiger partial charge on any atom is 0.238 e. The van der Waals surface area contributed by atoms with Crippen molar-refractivity contribution in [2.24, 2.45) is 0 Å². The van der Waals surface area contributed by atoms with Gasteiger partial charge >= 0.3 is 0 Å². The lowest BCUT2D eigenvalue weighted by atomic mass is 9.67. The Morgan fingerprint density at radius 2 is 0.491 bits per heavy atom. The molecule has 0 radical (unpaired) electrons. The minimum absolute atomic E-state index is 0.475. The lowest BCUT2D eigenvalue weighted by Gasteiger charge is -2.33. The van der Waals surface area contributed by atoms with Gasteiger partial charge in [0, 0.05) is 55.0 Å². The van der Waals surface area contributed by atoms with Crippen molar-refractivity contribution in [3.8, 4) is 90.8 Å². The highest BCUT2D eigenvalue weighted by Gasteiger charge is 2.48. The van der Waals surface area contributed by atoms with Crippen LogP contribution in [-0.4, -0.2) is 39.0 Å². The number of nitrogens with zero attached hydrogens (tertiary/aromatic N) is 8. The number of rotatable bonds is 11. The first-order chi connectivity index (χ1) is 52.6. The second-order valence-corrected chi connectivity index (χ2v) is 27.2. The summed E-state index contributed by atoms with van der Waals surface area (Å²) in [4.78, 5) is 30.4. The van der Waals surface area contributed by atoms with Crippen LogP contribution in [0.1, 0.15) is 44.5 Å². The minimum atomic E-state index is -0.486. The number of hydrogen-bond acceptors (Lipinski definition) is 6. The van der Waals surface area contributed by atoms with Crippen molar-refractivity contribution in [3.05, 3.63) is 433 Å². The van der Waals surface area contributed by atoms with Crippen LogP contribution in [0.15, 0.2) is 388 Å². The summed E-state index contributed by atoms with van der Waals surface area (Å²) in [5, 5.41) is 4.73. The lowest BCUT2D eigenvalue weighted by Crippen LogP contribution is -2.28. The Kier molecular flexibility index (Phi) is 14.8. The van der Waals surface area contributed by atoms with Gasteiger partial charge in [-0.1, -0.05) is 340 Å². The van der Waals surface area contributed by atoms with Gasteiger partial charge in [0.05, 0.1) is 32.9 Å². The van der Waals surface area contributed by atoms with Crippen LogP contribution < -0.4 is 0 Å². The molecule has 2 aliphatic rings. The van der Waals surface area contributed by atoms with Gasteiger partial charge < -0.3 is 4.57 Å². The molecule has 0 bridgehead atoms. The number of para-hydroxylation sites is 2. The van der Waals surface area contributed by atoms with Crippen LogP contribution in [0, 0.1) is 0 Å². The summed E-state index contributed by atoms with van der Waals surface area (Å²) in [7, 11) is 0. The van der Waals surface area contributed by atoms with E-state index in [9.17, 15) is 0 Å². The van der Waals surface area contributed by atoms with E-state index in [4.69, 9.17) is 29.9 Å². The Morgan fingerprint density at radius 3 is 0.887 bits per heavy atom. The summed E-state index contributed by atoms with van der Waals surface area (Å²) in [6, 6.07) is 138. The summed E-state index contributed by atoms with van der Waals surface area (Å²) in [6.07, 6.45) is 0. The molecule has 21 rings (SSSR count). The third kappa shape index (κ3) is 9.90. The zero-order valence-corrected chi connectivity index (χ0v) is 57.5. The van der Waals surface area contributed by atoms with E-state index in [1.165, 1.54) is 77.5 Å². The maximum atomic E-state index is 5.17. The second-order valence-electron chi connectivity index (χ2n) is 27.2. The molecule has 4 aromatic heterocycles. The Hall–Kier alpha value is -14.1. The van der Waals surface area contributed by atoms with Crippen molar-refractivity contribution in [2.45, 2.75) is 10.8 Å². The normalized spacial score (nSPS) is 12.9. The van der Waals surface area contributed by atoms with Crippen molar-refractivity contribution < 1.29 is 0 Å². The first-order valence-electron chi connectivity index (χ1n) is 36.0. The van der Waals surface area contributed by atoms with E-state index >= 15 is 0 Å².